The Morgan fingerprint density at radius 2 is 2.18 bits per heavy atom. The van der Waals surface area contributed by atoms with Crippen LogP contribution in [0.1, 0.15) is 25.6 Å². The van der Waals surface area contributed by atoms with Crippen molar-refractivity contribution in [3.8, 4) is 0 Å². The molecule has 0 spiro atoms. The summed E-state index contributed by atoms with van der Waals surface area (Å²) >= 11 is 5.93. The van der Waals surface area contributed by atoms with Crippen LogP contribution in [0.2, 0.25) is 5.15 Å². The normalized spacial score (nSPS) is 24.6. The van der Waals surface area contributed by atoms with E-state index in [0.29, 0.717) is 11.2 Å². The molecule has 1 aliphatic rings. The quantitative estimate of drug-likeness (QED) is 0.856. The summed E-state index contributed by atoms with van der Waals surface area (Å²) in [5.74, 6) is 3.08. The molecule has 0 aromatic carbocycles. The highest BCUT2D eigenvalue weighted by atomic mass is 35.5. The molecule has 1 saturated heterocycles. The first-order valence-electron chi connectivity index (χ1n) is 5.82. The number of rotatable bonds is 3. The number of aromatic nitrogens is 2. The van der Waals surface area contributed by atoms with Crippen LogP contribution in [0.15, 0.2) is 6.07 Å². The first-order valence-corrected chi connectivity index (χ1v) is 7.69. The summed E-state index contributed by atoms with van der Waals surface area (Å²) in [4.78, 5) is 8.51. The molecule has 0 amide bonds. The molecule has 94 valence electrons. The number of hydrogen-bond acceptors (Lipinski definition) is 4. The SMILES string of the molecule is CCc1nc(Cl)cc(NC2CCS(=O)CC2)n1. The number of nitrogens with zero attached hydrogens (tertiary/aromatic N) is 2. The number of nitrogens with one attached hydrogen (secondary N) is 1. The Bertz CT molecular complexity index is 417. The highest BCUT2D eigenvalue weighted by Gasteiger charge is 2.18. The van der Waals surface area contributed by atoms with E-state index in [9.17, 15) is 4.21 Å². The van der Waals surface area contributed by atoms with E-state index in [1.54, 1.807) is 6.07 Å². The second kappa shape index (κ2) is 5.78. The largest absolute Gasteiger partial charge is 0.367 e. The van der Waals surface area contributed by atoms with Crippen molar-refractivity contribution in [2.24, 2.45) is 0 Å². The van der Waals surface area contributed by atoms with Crippen LogP contribution < -0.4 is 5.32 Å². The van der Waals surface area contributed by atoms with Gasteiger partial charge in [-0.2, -0.15) is 0 Å². The molecule has 2 heterocycles. The lowest BCUT2D eigenvalue weighted by molar-refractivity contribution is 0.622. The third-order valence-electron chi connectivity index (χ3n) is 2.80. The van der Waals surface area contributed by atoms with Gasteiger partial charge in [0.25, 0.3) is 0 Å². The smallest absolute Gasteiger partial charge is 0.134 e. The van der Waals surface area contributed by atoms with Gasteiger partial charge in [0, 0.05) is 40.8 Å². The molecule has 2 rings (SSSR count). The fourth-order valence-corrected chi connectivity index (χ4v) is 3.34. The van der Waals surface area contributed by atoms with Gasteiger partial charge >= 0.3 is 0 Å². The standard InChI is InChI=1S/C11H16ClN3OS/c1-2-10-14-9(12)7-11(15-10)13-8-3-5-17(16)6-4-8/h7-8H,2-6H2,1H3,(H,13,14,15). The Kier molecular flexibility index (Phi) is 4.34. The molecule has 1 fully saturated rings. The molecule has 0 unspecified atom stereocenters. The Balaban J connectivity index is 2.02. The highest BCUT2D eigenvalue weighted by molar-refractivity contribution is 7.85. The minimum atomic E-state index is -0.628. The molecule has 17 heavy (non-hydrogen) atoms. The van der Waals surface area contributed by atoms with E-state index in [2.05, 4.69) is 15.3 Å². The van der Waals surface area contributed by atoms with Crippen LogP contribution in [0, 0.1) is 0 Å². The van der Waals surface area contributed by atoms with Gasteiger partial charge in [-0.15, -0.1) is 0 Å². The van der Waals surface area contributed by atoms with Crippen molar-refractivity contribution in [3.63, 3.8) is 0 Å². The van der Waals surface area contributed by atoms with Crippen molar-refractivity contribution in [3.05, 3.63) is 17.0 Å². The molecule has 0 atom stereocenters. The molecule has 1 aliphatic heterocycles. The molecule has 1 aromatic heterocycles. The predicted octanol–water partition coefficient (Wildman–Crippen LogP) is 2.02. The van der Waals surface area contributed by atoms with Gasteiger partial charge in [0.15, 0.2) is 0 Å². The lowest BCUT2D eigenvalue weighted by Gasteiger charge is -2.23. The molecular formula is C11H16ClN3OS. The van der Waals surface area contributed by atoms with E-state index in [-0.39, 0.29) is 0 Å². The van der Waals surface area contributed by atoms with Crippen molar-refractivity contribution in [1.82, 2.24) is 9.97 Å². The van der Waals surface area contributed by atoms with Gasteiger partial charge in [0.1, 0.15) is 16.8 Å². The van der Waals surface area contributed by atoms with Gasteiger partial charge in [-0.25, -0.2) is 9.97 Å². The van der Waals surface area contributed by atoms with Crippen molar-refractivity contribution < 1.29 is 4.21 Å². The summed E-state index contributed by atoms with van der Waals surface area (Å²) in [6.07, 6.45) is 2.62. The molecule has 0 bridgehead atoms. The van der Waals surface area contributed by atoms with Crippen LogP contribution in [0.4, 0.5) is 5.82 Å². The maximum Gasteiger partial charge on any atom is 0.134 e. The minimum Gasteiger partial charge on any atom is -0.367 e. The summed E-state index contributed by atoms with van der Waals surface area (Å²) in [6.45, 7) is 2.00. The third-order valence-corrected chi connectivity index (χ3v) is 4.37. The summed E-state index contributed by atoms with van der Waals surface area (Å²) in [5.41, 5.74) is 0. The van der Waals surface area contributed by atoms with Crippen LogP contribution in [0.3, 0.4) is 0 Å². The van der Waals surface area contributed by atoms with E-state index in [1.165, 1.54) is 0 Å². The van der Waals surface area contributed by atoms with E-state index in [1.807, 2.05) is 6.92 Å². The molecule has 1 aromatic rings. The van der Waals surface area contributed by atoms with Gasteiger partial charge in [0.2, 0.25) is 0 Å². The molecular weight excluding hydrogens is 258 g/mol. The number of hydrogen-bond donors (Lipinski definition) is 1. The lowest BCUT2D eigenvalue weighted by Crippen LogP contribution is -2.29. The predicted molar refractivity (Wildman–Crippen MR) is 70.9 cm³/mol. The summed E-state index contributed by atoms with van der Waals surface area (Å²) < 4.78 is 11.3. The van der Waals surface area contributed by atoms with Crippen LogP contribution >= 0.6 is 11.6 Å². The van der Waals surface area contributed by atoms with E-state index in [0.717, 1.165) is 42.4 Å². The summed E-state index contributed by atoms with van der Waals surface area (Å²) in [7, 11) is -0.628. The topological polar surface area (TPSA) is 54.9 Å². The van der Waals surface area contributed by atoms with Gasteiger partial charge in [0.05, 0.1) is 0 Å². The first-order chi connectivity index (χ1) is 8.17. The lowest BCUT2D eigenvalue weighted by atomic mass is 10.1. The Labute approximate surface area is 109 Å². The molecule has 1 N–H and O–H groups in total. The third kappa shape index (κ3) is 3.64. The molecule has 0 saturated carbocycles. The molecule has 0 radical (unpaired) electrons. The van der Waals surface area contributed by atoms with E-state index in [4.69, 9.17) is 11.6 Å². The van der Waals surface area contributed by atoms with Crippen molar-refractivity contribution >= 4 is 28.2 Å². The van der Waals surface area contributed by atoms with Crippen LogP contribution in [-0.2, 0) is 17.2 Å². The van der Waals surface area contributed by atoms with Gasteiger partial charge < -0.3 is 5.32 Å². The van der Waals surface area contributed by atoms with Gasteiger partial charge in [-0.3, -0.25) is 4.21 Å². The van der Waals surface area contributed by atoms with Gasteiger partial charge in [-0.05, 0) is 12.8 Å². The van der Waals surface area contributed by atoms with E-state index < -0.39 is 10.8 Å². The summed E-state index contributed by atoms with van der Waals surface area (Å²) in [6, 6.07) is 2.09. The molecule has 4 nitrogen and oxygen atoms in total. The van der Waals surface area contributed by atoms with Crippen LogP contribution in [0.5, 0.6) is 0 Å². The minimum absolute atomic E-state index is 0.350. The fraction of sp³-hybridized carbons (Fsp3) is 0.636. The van der Waals surface area contributed by atoms with Crippen molar-refractivity contribution in [2.75, 3.05) is 16.8 Å². The summed E-state index contributed by atoms with van der Waals surface area (Å²) in [5, 5.41) is 3.82. The first kappa shape index (κ1) is 12.8. The Hall–Kier alpha value is -0.680. The van der Waals surface area contributed by atoms with Crippen LogP contribution in [-0.4, -0.2) is 31.7 Å². The van der Waals surface area contributed by atoms with Gasteiger partial charge in [-0.1, -0.05) is 18.5 Å². The monoisotopic (exact) mass is 273 g/mol. The van der Waals surface area contributed by atoms with Crippen molar-refractivity contribution in [1.29, 1.82) is 0 Å². The Morgan fingerprint density at radius 3 is 2.82 bits per heavy atom. The zero-order valence-corrected chi connectivity index (χ0v) is 11.4. The van der Waals surface area contributed by atoms with Crippen molar-refractivity contribution in [2.45, 2.75) is 32.2 Å². The average molecular weight is 274 g/mol. The molecule has 0 aliphatic carbocycles. The number of aryl methyl sites for hydroxylation is 1. The maximum absolute atomic E-state index is 11.3. The maximum atomic E-state index is 11.3. The second-order valence-corrected chi connectivity index (χ2v) is 6.20. The zero-order chi connectivity index (χ0) is 12.3. The molecule has 6 heteroatoms. The zero-order valence-electron chi connectivity index (χ0n) is 9.78. The fourth-order valence-electron chi connectivity index (χ4n) is 1.84. The van der Waals surface area contributed by atoms with Crippen LogP contribution in [0.25, 0.3) is 0 Å². The Morgan fingerprint density at radius 1 is 1.47 bits per heavy atom. The van der Waals surface area contributed by atoms with E-state index >= 15 is 0 Å². The highest BCUT2D eigenvalue weighted by Crippen LogP contribution is 2.17. The number of anilines is 1. The average Bonchev–Trinajstić information content (AvgIpc) is 2.31. The second-order valence-electron chi connectivity index (χ2n) is 4.11. The number of halogens is 1.